The minimum absolute atomic E-state index is 0.00813. The molecule has 1 heterocycles. The summed E-state index contributed by atoms with van der Waals surface area (Å²) in [4.78, 5) is 12.9. The van der Waals surface area contributed by atoms with Crippen molar-refractivity contribution in [3.8, 4) is 17.7 Å². The van der Waals surface area contributed by atoms with Crippen LogP contribution in [-0.2, 0) is 6.42 Å². The number of alkyl halides is 3. The predicted molar refractivity (Wildman–Crippen MR) is 53.4 cm³/mol. The Hall–Kier alpha value is -2.57. The first-order valence-electron chi connectivity index (χ1n) is 4.63. The highest BCUT2D eigenvalue weighted by Gasteiger charge is 2.37. The lowest BCUT2D eigenvalue weighted by molar-refractivity contribution is -0.390. The standard InChI is InChI=1S/C9H6F3N3O4/c1-18-7-5(2-3-13)4-14-8(6(7)15(16)17)19-9(10,11)12/h4H,2H2,1H3. The van der Waals surface area contributed by atoms with Gasteiger partial charge in [0.15, 0.2) is 0 Å². The van der Waals surface area contributed by atoms with Crippen LogP contribution >= 0.6 is 0 Å². The molecule has 1 aromatic heterocycles. The SMILES string of the molecule is COc1c(CC#N)cnc(OC(F)(F)F)c1[N+](=O)[O-]. The Balaban J connectivity index is 3.42. The van der Waals surface area contributed by atoms with Crippen LogP contribution in [0.1, 0.15) is 5.56 Å². The van der Waals surface area contributed by atoms with E-state index in [9.17, 15) is 23.3 Å². The first-order valence-corrected chi connectivity index (χ1v) is 4.63. The molecular weight excluding hydrogens is 271 g/mol. The van der Waals surface area contributed by atoms with Gasteiger partial charge in [-0.2, -0.15) is 5.26 Å². The minimum Gasteiger partial charge on any atom is -0.490 e. The summed E-state index contributed by atoms with van der Waals surface area (Å²) < 4.78 is 44.4. The lowest BCUT2D eigenvalue weighted by Gasteiger charge is -2.11. The Morgan fingerprint density at radius 2 is 2.21 bits per heavy atom. The predicted octanol–water partition coefficient (Wildman–Crippen LogP) is 1.96. The molecule has 1 aromatic rings. The number of methoxy groups -OCH3 is 1. The number of halogens is 3. The minimum atomic E-state index is -5.13. The second-order valence-electron chi connectivity index (χ2n) is 3.11. The maximum atomic E-state index is 12.1. The number of aromatic nitrogens is 1. The molecule has 0 aliphatic heterocycles. The summed E-state index contributed by atoms with van der Waals surface area (Å²) in [6.07, 6.45) is -4.57. The average Bonchev–Trinajstić information content (AvgIpc) is 2.28. The van der Waals surface area contributed by atoms with Crippen LogP contribution in [0.4, 0.5) is 18.9 Å². The van der Waals surface area contributed by atoms with Crippen molar-refractivity contribution < 1.29 is 27.6 Å². The zero-order chi connectivity index (χ0) is 14.6. The normalized spacial score (nSPS) is 10.7. The van der Waals surface area contributed by atoms with Crippen LogP contribution in [0.5, 0.6) is 11.6 Å². The molecular formula is C9H6F3N3O4. The second kappa shape index (κ2) is 5.38. The van der Waals surface area contributed by atoms with E-state index in [-0.39, 0.29) is 12.0 Å². The van der Waals surface area contributed by atoms with Crippen molar-refractivity contribution in [2.24, 2.45) is 0 Å². The molecule has 0 amide bonds. The van der Waals surface area contributed by atoms with Crippen LogP contribution in [0.2, 0.25) is 0 Å². The van der Waals surface area contributed by atoms with Gasteiger partial charge < -0.3 is 9.47 Å². The van der Waals surface area contributed by atoms with Gasteiger partial charge >= 0.3 is 17.9 Å². The lowest BCUT2D eigenvalue weighted by Crippen LogP contribution is -2.19. The monoisotopic (exact) mass is 277 g/mol. The Morgan fingerprint density at radius 1 is 1.58 bits per heavy atom. The maximum absolute atomic E-state index is 12.1. The number of nitro groups is 1. The van der Waals surface area contributed by atoms with E-state index in [0.717, 1.165) is 13.3 Å². The van der Waals surface area contributed by atoms with Gasteiger partial charge in [0, 0.05) is 11.8 Å². The molecule has 0 saturated carbocycles. The third kappa shape index (κ3) is 3.44. The largest absolute Gasteiger partial charge is 0.574 e. The van der Waals surface area contributed by atoms with Crippen LogP contribution in [0.3, 0.4) is 0 Å². The number of ether oxygens (including phenoxy) is 2. The van der Waals surface area contributed by atoms with Gasteiger partial charge in [-0.05, 0) is 0 Å². The number of nitrogens with zero attached hydrogens (tertiary/aromatic N) is 3. The molecule has 7 nitrogen and oxygen atoms in total. The third-order valence-corrected chi connectivity index (χ3v) is 1.92. The number of hydrogen-bond acceptors (Lipinski definition) is 6. The van der Waals surface area contributed by atoms with Crippen LogP contribution in [-0.4, -0.2) is 23.4 Å². The molecule has 0 atom stereocenters. The molecule has 0 aliphatic rings. The van der Waals surface area contributed by atoms with E-state index in [1.54, 1.807) is 6.07 Å². The zero-order valence-electron chi connectivity index (χ0n) is 9.39. The molecule has 0 aromatic carbocycles. The summed E-state index contributed by atoms with van der Waals surface area (Å²) in [6, 6.07) is 1.69. The van der Waals surface area contributed by atoms with E-state index in [2.05, 4.69) is 14.5 Å². The fourth-order valence-electron chi connectivity index (χ4n) is 1.29. The van der Waals surface area contributed by atoms with Crippen LogP contribution < -0.4 is 9.47 Å². The molecule has 1 rings (SSSR count). The van der Waals surface area contributed by atoms with Crippen molar-refractivity contribution in [2.45, 2.75) is 12.8 Å². The van der Waals surface area contributed by atoms with E-state index in [1.807, 2.05) is 0 Å². The van der Waals surface area contributed by atoms with Crippen LogP contribution in [0.15, 0.2) is 6.20 Å². The molecule has 19 heavy (non-hydrogen) atoms. The van der Waals surface area contributed by atoms with Gasteiger partial charge in [-0.3, -0.25) is 10.1 Å². The molecule has 0 saturated heterocycles. The van der Waals surface area contributed by atoms with Gasteiger partial charge in [-0.25, -0.2) is 4.98 Å². The zero-order valence-corrected chi connectivity index (χ0v) is 9.39. The molecule has 102 valence electrons. The summed E-state index contributed by atoms with van der Waals surface area (Å²) in [6.45, 7) is 0. The van der Waals surface area contributed by atoms with Gasteiger partial charge in [0.05, 0.1) is 24.5 Å². The van der Waals surface area contributed by atoms with E-state index in [1.165, 1.54) is 0 Å². The quantitative estimate of drug-likeness (QED) is 0.616. The van der Waals surface area contributed by atoms with Gasteiger partial charge in [0.1, 0.15) is 0 Å². The average molecular weight is 277 g/mol. The first kappa shape index (κ1) is 14.5. The van der Waals surface area contributed by atoms with Crippen molar-refractivity contribution in [1.82, 2.24) is 4.98 Å². The van der Waals surface area contributed by atoms with E-state index < -0.39 is 28.6 Å². The summed E-state index contributed by atoms with van der Waals surface area (Å²) in [5.74, 6) is -1.73. The summed E-state index contributed by atoms with van der Waals surface area (Å²) >= 11 is 0. The van der Waals surface area contributed by atoms with Gasteiger partial charge in [-0.1, -0.05) is 0 Å². The Labute approximate surface area is 104 Å². The number of pyridine rings is 1. The molecule has 0 radical (unpaired) electrons. The molecule has 0 N–H and O–H groups in total. The number of nitriles is 1. The van der Waals surface area contributed by atoms with E-state index in [4.69, 9.17) is 5.26 Å². The molecule has 0 aliphatic carbocycles. The van der Waals surface area contributed by atoms with Crippen LogP contribution in [0.25, 0.3) is 0 Å². The topological polar surface area (TPSA) is 98.3 Å². The van der Waals surface area contributed by atoms with Gasteiger partial charge in [0.25, 0.3) is 0 Å². The highest BCUT2D eigenvalue weighted by molar-refractivity contribution is 5.58. The van der Waals surface area contributed by atoms with Crippen LogP contribution in [0, 0.1) is 21.4 Å². The molecule has 0 bridgehead atoms. The maximum Gasteiger partial charge on any atom is 0.574 e. The van der Waals surface area contributed by atoms with Crippen molar-refractivity contribution in [2.75, 3.05) is 7.11 Å². The molecule has 0 fully saturated rings. The summed E-state index contributed by atoms with van der Waals surface area (Å²) in [7, 11) is 1.03. The smallest absolute Gasteiger partial charge is 0.490 e. The first-order chi connectivity index (χ1) is 8.80. The van der Waals surface area contributed by atoms with Crippen molar-refractivity contribution in [1.29, 1.82) is 5.26 Å². The Kier molecular flexibility index (Phi) is 4.11. The molecule has 10 heteroatoms. The second-order valence-corrected chi connectivity index (χ2v) is 3.11. The molecule has 0 spiro atoms. The summed E-state index contributed by atoms with van der Waals surface area (Å²) in [5, 5.41) is 19.3. The Bertz CT molecular complexity index is 539. The number of hydrogen-bond donors (Lipinski definition) is 0. The number of rotatable bonds is 4. The van der Waals surface area contributed by atoms with Crippen molar-refractivity contribution in [3.05, 3.63) is 21.9 Å². The third-order valence-electron chi connectivity index (χ3n) is 1.92. The highest BCUT2D eigenvalue weighted by atomic mass is 19.4. The Morgan fingerprint density at radius 3 is 2.63 bits per heavy atom. The van der Waals surface area contributed by atoms with Gasteiger partial charge in [0.2, 0.25) is 5.75 Å². The lowest BCUT2D eigenvalue weighted by atomic mass is 10.2. The fourth-order valence-corrected chi connectivity index (χ4v) is 1.29. The van der Waals surface area contributed by atoms with Gasteiger partial charge in [-0.15, -0.1) is 13.2 Å². The highest BCUT2D eigenvalue weighted by Crippen LogP contribution is 2.39. The summed E-state index contributed by atoms with van der Waals surface area (Å²) in [5.41, 5.74) is -1.08. The van der Waals surface area contributed by atoms with Crippen molar-refractivity contribution in [3.63, 3.8) is 0 Å². The van der Waals surface area contributed by atoms with E-state index in [0.29, 0.717) is 0 Å². The molecule has 0 unspecified atom stereocenters. The van der Waals surface area contributed by atoms with E-state index >= 15 is 0 Å². The fraction of sp³-hybridized carbons (Fsp3) is 0.333. The van der Waals surface area contributed by atoms with Crippen molar-refractivity contribution >= 4 is 5.69 Å².